The largest absolute Gasteiger partial charge is 0.490 e. The average Bonchev–Trinajstić information content (AvgIpc) is 2.61. The third-order valence-electron chi connectivity index (χ3n) is 5.11. The van der Waals surface area contributed by atoms with Gasteiger partial charge in [-0.2, -0.15) is 0 Å². The Hall–Kier alpha value is -1.76. The summed E-state index contributed by atoms with van der Waals surface area (Å²) >= 11 is 0. The zero-order valence-electron chi connectivity index (χ0n) is 17.2. The third-order valence-corrected chi connectivity index (χ3v) is 5.11. The average molecular weight is 353 g/mol. The summed E-state index contributed by atoms with van der Waals surface area (Å²) in [6, 6.07) is 8.46. The number of hydrogen-bond donors (Lipinski definition) is 0. The quantitative estimate of drug-likeness (QED) is 0.416. The van der Waals surface area contributed by atoms with Crippen molar-refractivity contribution < 1.29 is 4.74 Å². The van der Waals surface area contributed by atoms with Crippen molar-refractivity contribution in [2.24, 2.45) is 0 Å². The highest BCUT2D eigenvalue weighted by molar-refractivity contribution is 5.35. The van der Waals surface area contributed by atoms with Gasteiger partial charge in [0, 0.05) is 0 Å². The maximum absolute atomic E-state index is 6.14. The lowest BCUT2D eigenvalue weighted by Gasteiger charge is -2.25. The Morgan fingerprint density at radius 1 is 0.923 bits per heavy atom. The molecule has 0 aliphatic carbocycles. The van der Waals surface area contributed by atoms with Crippen molar-refractivity contribution in [2.45, 2.75) is 85.2 Å². The highest BCUT2D eigenvalue weighted by Crippen LogP contribution is 2.28. The monoisotopic (exact) mass is 352 g/mol. The van der Waals surface area contributed by atoms with Crippen molar-refractivity contribution in [3.63, 3.8) is 0 Å². The Bertz CT molecular complexity index is 644. The van der Waals surface area contributed by atoms with Gasteiger partial charge >= 0.3 is 0 Å². The molecule has 0 bridgehead atoms. The minimum atomic E-state index is 0.381. The van der Waals surface area contributed by atoms with Crippen LogP contribution < -0.4 is 4.74 Å². The molecule has 1 aromatic carbocycles. The summed E-state index contributed by atoms with van der Waals surface area (Å²) in [5, 5.41) is 0. The van der Waals surface area contributed by atoms with Crippen LogP contribution in [0.4, 0.5) is 0 Å². The van der Waals surface area contributed by atoms with Crippen molar-refractivity contribution in [1.82, 2.24) is 0 Å². The fraction of sp³-hybridized carbons (Fsp3) is 0.520. The van der Waals surface area contributed by atoms with E-state index in [9.17, 15) is 0 Å². The second kappa shape index (κ2) is 11.1. The first-order chi connectivity index (χ1) is 12.5. The van der Waals surface area contributed by atoms with Crippen molar-refractivity contribution in [2.75, 3.05) is 0 Å². The molecule has 142 valence electrons. The first-order valence-electron chi connectivity index (χ1n) is 10.2. The van der Waals surface area contributed by atoms with Crippen LogP contribution in [-0.4, -0.2) is 6.10 Å². The van der Waals surface area contributed by atoms with E-state index in [1.54, 1.807) is 0 Å². The molecule has 2 rings (SSSR count). The van der Waals surface area contributed by atoms with E-state index in [-0.39, 0.29) is 0 Å². The highest BCUT2D eigenvalue weighted by atomic mass is 16.5. The SMILES string of the molecule is CC(C)=CCC/C(C)=C/CC/C(C)=C/CCC1CCc2ccccc2O1. The minimum absolute atomic E-state index is 0.381. The Morgan fingerprint density at radius 3 is 2.31 bits per heavy atom. The van der Waals surface area contributed by atoms with Crippen LogP contribution in [0.1, 0.15) is 78.2 Å². The van der Waals surface area contributed by atoms with Gasteiger partial charge in [-0.3, -0.25) is 0 Å². The van der Waals surface area contributed by atoms with Gasteiger partial charge in [0.1, 0.15) is 5.75 Å². The Balaban J connectivity index is 1.65. The van der Waals surface area contributed by atoms with Gasteiger partial charge in [0.25, 0.3) is 0 Å². The van der Waals surface area contributed by atoms with Crippen LogP contribution in [0.2, 0.25) is 0 Å². The van der Waals surface area contributed by atoms with E-state index in [0.717, 1.165) is 37.9 Å². The van der Waals surface area contributed by atoms with Crippen LogP contribution in [0.25, 0.3) is 0 Å². The fourth-order valence-corrected chi connectivity index (χ4v) is 3.44. The predicted molar refractivity (Wildman–Crippen MR) is 114 cm³/mol. The molecule has 0 N–H and O–H groups in total. The molecule has 0 amide bonds. The number of benzene rings is 1. The molecule has 1 aromatic rings. The molecule has 1 aliphatic heterocycles. The van der Waals surface area contributed by atoms with Gasteiger partial charge in [0.05, 0.1) is 6.10 Å². The predicted octanol–water partition coefficient (Wildman–Crippen LogP) is 7.58. The van der Waals surface area contributed by atoms with Crippen LogP contribution in [0.5, 0.6) is 5.75 Å². The standard InChI is InChI=1S/C25H36O/c1-20(2)10-7-11-21(3)12-8-13-22(4)14-9-16-24-19-18-23-15-5-6-17-25(23)26-24/h5-6,10,12,14-15,17,24H,7-9,11,13,16,18-19H2,1-4H3/b21-12+,22-14+. The first kappa shape index (κ1) is 20.6. The summed E-state index contributed by atoms with van der Waals surface area (Å²) in [4.78, 5) is 0. The number of allylic oxidation sites excluding steroid dienone is 6. The number of rotatable bonds is 9. The van der Waals surface area contributed by atoms with Crippen molar-refractivity contribution in [1.29, 1.82) is 0 Å². The summed E-state index contributed by atoms with van der Waals surface area (Å²) in [6.45, 7) is 8.87. The molecule has 1 heteroatoms. The number of hydrogen-bond acceptors (Lipinski definition) is 1. The maximum atomic E-state index is 6.14. The third kappa shape index (κ3) is 7.64. The van der Waals surface area contributed by atoms with Crippen LogP contribution in [0.3, 0.4) is 0 Å². The van der Waals surface area contributed by atoms with Crippen LogP contribution >= 0.6 is 0 Å². The molecule has 1 unspecified atom stereocenters. The molecule has 26 heavy (non-hydrogen) atoms. The molecule has 1 atom stereocenters. The van der Waals surface area contributed by atoms with E-state index in [4.69, 9.17) is 4.74 Å². The molecule has 0 fully saturated rings. The molecular weight excluding hydrogens is 316 g/mol. The zero-order valence-corrected chi connectivity index (χ0v) is 17.2. The summed E-state index contributed by atoms with van der Waals surface area (Å²) in [6.07, 6.45) is 16.8. The molecule has 0 radical (unpaired) electrons. The lowest BCUT2D eigenvalue weighted by molar-refractivity contribution is 0.165. The number of fused-ring (bicyclic) bond motifs is 1. The number of aryl methyl sites for hydroxylation is 1. The van der Waals surface area contributed by atoms with Gasteiger partial charge in [-0.25, -0.2) is 0 Å². The summed E-state index contributed by atoms with van der Waals surface area (Å²) < 4.78 is 6.14. The molecule has 1 nitrogen and oxygen atoms in total. The maximum Gasteiger partial charge on any atom is 0.122 e. The first-order valence-corrected chi connectivity index (χ1v) is 10.2. The molecule has 0 spiro atoms. The Morgan fingerprint density at radius 2 is 1.58 bits per heavy atom. The van der Waals surface area contributed by atoms with E-state index in [2.05, 4.69) is 70.2 Å². The van der Waals surface area contributed by atoms with E-state index >= 15 is 0 Å². The number of ether oxygens (including phenoxy) is 1. The Labute approximate surface area is 160 Å². The molecule has 1 heterocycles. The van der Waals surface area contributed by atoms with Gasteiger partial charge in [0.2, 0.25) is 0 Å². The van der Waals surface area contributed by atoms with Crippen molar-refractivity contribution in [3.8, 4) is 5.75 Å². The summed E-state index contributed by atoms with van der Waals surface area (Å²) in [5.74, 6) is 1.10. The highest BCUT2D eigenvalue weighted by Gasteiger charge is 2.18. The smallest absolute Gasteiger partial charge is 0.122 e. The van der Waals surface area contributed by atoms with Crippen LogP contribution in [-0.2, 0) is 6.42 Å². The van der Waals surface area contributed by atoms with Crippen molar-refractivity contribution in [3.05, 3.63) is 64.8 Å². The molecule has 0 saturated heterocycles. The molecule has 0 saturated carbocycles. The Kier molecular flexibility index (Phi) is 8.74. The molecule has 1 aliphatic rings. The second-order valence-corrected chi connectivity index (χ2v) is 7.92. The lowest BCUT2D eigenvalue weighted by Crippen LogP contribution is -2.22. The molecule has 0 aromatic heterocycles. The van der Waals surface area contributed by atoms with Gasteiger partial charge in [-0.15, -0.1) is 0 Å². The van der Waals surface area contributed by atoms with E-state index in [1.807, 2.05) is 0 Å². The van der Waals surface area contributed by atoms with Gasteiger partial charge in [0.15, 0.2) is 0 Å². The van der Waals surface area contributed by atoms with Gasteiger partial charge in [-0.1, -0.05) is 53.1 Å². The second-order valence-electron chi connectivity index (χ2n) is 7.92. The van der Waals surface area contributed by atoms with Gasteiger partial charge < -0.3 is 4.74 Å². The van der Waals surface area contributed by atoms with Crippen LogP contribution in [0, 0.1) is 0 Å². The van der Waals surface area contributed by atoms with Crippen molar-refractivity contribution >= 4 is 0 Å². The lowest BCUT2D eigenvalue weighted by atomic mass is 9.99. The normalized spacial score (nSPS) is 17.5. The fourth-order valence-electron chi connectivity index (χ4n) is 3.44. The zero-order chi connectivity index (χ0) is 18.8. The van der Waals surface area contributed by atoms with E-state index in [1.165, 1.54) is 41.5 Å². The van der Waals surface area contributed by atoms with Crippen LogP contribution in [0.15, 0.2) is 59.2 Å². The number of para-hydroxylation sites is 1. The summed E-state index contributed by atoms with van der Waals surface area (Å²) in [5.41, 5.74) is 5.81. The van der Waals surface area contributed by atoms with E-state index < -0.39 is 0 Å². The van der Waals surface area contributed by atoms with E-state index in [0.29, 0.717) is 6.10 Å². The van der Waals surface area contributed by atoms with Gasteiger partial charge in [-0.05, 0) is 90.7 Å². The summed E-state index contributed by atoms with van der Waals surface area (Å²) in [7, 11) is 0. The topological polar surface area (TPSA) is 9.23 Å². The molecular formula is C25H36O. The minimum Gasteiger partial charge on any atom is -0.490 e.